The minimum absolute atomic E-state index is 0.444. The fraction of sp³-hybridized carbons (Fsp3) is 0.364. The Hall–Kier alpha value is -1.62. The van der Waals surface area contributed by atoms with E-state index in [2.05, 4.69) is 10.3 Å². The van der Waals surface area contributed by atoms with Gasteiger partial charge in [0.05, 0.1) is 0 Å². The molecule has 17 heavy (non-hydrogen) atoms. The Labute approximate surface area is 105 Å². The summed E-state index contributed by atoms with van der Waals surface area (Å²) in [6.45, 7) is 3.77. The zero-order valence-corrected chi connectivity index (χ0v) is 10.4. The van der Waals surface area contributed by atoms with Crippen molar-refractivity contribution in [3.05, 3.63) is 24.5 Å². The van der Waals surface area contributed by atoms with Crippen molar-refractivity contribution in [1.29, 1.82) is 0 Å². The van der Waals surface area contributed by atoms with Gasteiger partial charge >= 0.3 is 6.03 Å². The molecule has 92 valence electrons. The summed E-state index contributed by atoms with van der Waals surface area (Å²) >= 11 is 5.57. The molecule has 1 rings (SSSR count). The molecule has 0 spiro atoms. The monoisotopic (exact) mass is 255 g/mol. The van der Waals surface area contributed by atoms with Crippen LogP contribution in [0.5, 0.6) is 0 Å². The van der Waals surface area contributed by atoms with Gasteiger partial charge in [0.15, 0.2) is 0 Å². The molecular formula is C11H14ClN3O2. The van der Waals surface area contributed by atoms with Crippen molar-refractivity contribution < 1.29 is 9.59 Å². The normalized spacial score (nSPS) is 11.7. The number of amides is 3. The van der Waals surface area contributed by atoms with Crippen LogP contribution in [-0.2, 0) is 4.79 Å². The molecule has 1 unspecified atom stereocenters. The number of nitrogens with one attached hydrogen (secondary N) is 1. The van der Waals surface area contributed by atoms with Crippen LogP contribution in [-0.4, -0.2) is 28.8 Å². The van der Waals surface area contributed by atoms with Gasteiger partial charge in [0.2, 0.25) is 5.91 Å². The number of halogens is 1. The zero-order chi connectivity index (χ0) is 12.8. The van der Waals surface area contributed by atoms with Gasteiger partial charge in [-0.15, -0.1) is 11.6 Å². The van der Waals surface area contributed by atoms with E-state index in [1.807, 2.05) is 6.92 Å². The Morgan fingerprint density at radius 1 is 1.47 bits per heavy atom. The molecule has 0 radical (unpaired) electrons. The maximum absolute atomic E-state index is 11.8. The van der Waals surface area contributed by atoms with Crippen molar-refractivity contribution in [3.63, 3.8) is 0 Å². The summed E-state index contributed by atoms with van der Waals surface area (Å²) in [6, 6.07) is 2.89. The maximum Gasteiger partial charge on any atom is 0.328 e. The Bertz CT molecular complexity index is 395. The van der Waals surface area contributed by atoms with Crippen molar-refractivity contribution in [1.82, 2.24) is 10.3 Å². The SMILES string of the molecule is CCN(C(=O)NC(=O)C(C)Cl)c1ccncc1. The third-order valence-electron chi connectivity index (χ3n) is 2.13. The second-order valence-electron chi connectivity index (χ2n) is 3.36. The Morgan fingerprint density at radius 3 is 2.53 bits per heavy atom. The number of alkyl halides is 1. The second kappa shape index (κ2) is 6.20. The predicted octanol–water partition coefficient (Wildman–Crippen LogP) is 1.77. The number of hydrogen-bond acceptors (Lipinski definition) is 3. The van der Waals surface area contributed by atoms with Crippen LogP contribution in [0.2, 0.25) is 0 Å². The smallest absolute Gasteiger partial charge is 0.294 e. The topological polar surface area (TPSA) is 62.3 Å². The van der Waals surface area contributed by atoms with Crippen LogP contribution >= 0.6 is 11.6 Å². The van der Waals surface area contributed by atoms with Gasteiger partial charge in [-0.05, 0) is 26.0 Å². The van der Waals surface area contributed by atoms with Gasteiger partial charge in [0, 0.05) is 24.6 Å². The first kappa shape index (κ1) is 13.4. The molecule has 5 nitrogen and oxygen atoms in total. The second-order valence-corrected chi connectivity index (χ2v) is 4.01. The van der Waals surface area contributed by atoms with Crippen LogP contribution in [0.4, 0.5) is 10.5 Å². The number of pyridine rings is 1. The lowest BCUT2D eigenvalue weighted by molar-refractivity contribution is -0.119. The molecule has 1 aromatic rings. The van der Waals surface area contributed by atoms with Crippen molar-refractivity contribution in [2.75, 3.05) is 11.4 Å². The minimum Gasteiger partial charge on any atom is -0.294 e. The summed E-state index contributed by atoms with van der Waals surface area (Å²) in [5, 5.41) is 1.48. The van der Waals surface area contributed by atoms with Gasteiger partial charge in [-0.3, -0.25) is 20.0 Å². The fourth-order valence-electron chi connectivity index (χ4n) is 1.24. The minimum atomic E-state index is -0.741. The summed E-state index contributed by atoms with van der Waals surface area (Å²) in [5.74, 6) is -0.510. The van der Waals surface area contributed by atoms with Gasteiger partial charge in [-0.1, -0.05) is 0 Å². The predicted molar refractivity (Wildman–Crippen MR) is 66.1 cm³/mol. The largest absolute Gasteiger partial charge is 0.328 e. The lowest BCUT2D eigenvalue weighted by Gasteiger charge is -2.20. The van der Waals surface area contributed by atoms with E-state index in [-0.39, 0.29) is 0 Å². The third-order valence-corrected chi connectivity index (χ3v) is 2.33. The van der Waals surface area contributed by atoms with Gasteiger partial charge in [0.1, 0.15) is 5.38 Å². The first-order valence-electron chi connectivity index (χ1n) is 5.22. The van der Waals surface area contributed by atoms with Gasteiger partial charge in [-0.25, -0.2) is 4.79 Å². The third kappa shape index (κ3) is 3.71. The van der Waals surface area contributed by atoms with Gasteiger partial charge in [-0.2, -0.15) is 0 Å². The maximum atomic E-state index is 11.8. The van der Waals surface area contributed by atoms with Gasteiger partial charge in [0.25, 0.3) is 0 Å². The standard InChI is InChI=1S/C11H14ClN3O2/c1-3-15(9-4-6-13-7-5-9)11(17)14-10(16)8(2)12/h4-8H,3H2,1-2H3,(H,14,16,17). The Morgan fingerprint density at radius 2 is 2.06 bits per heavy atom. The van der Waals surface area contributed by atoms with E-state index in [9.17, 15) is 9.59 Å². The molecule has 1 N–H and O–H groups in total. The number of aromatic nitrogens is 1. The molecule has 0 bridgehead atoms. The van der Waals surface area contributed by atoms with E-state index < -0.39 is 17.3 Å². The van der Waals surface area contributed by atoms with E-state index in [4.69, 9.17) is 11.6 Å². The molecule has 0 aliphatic heterocycles. The van der Waals surface area contributed by atoms with Crippen LogP contribution in [0.25, 0.3) is 0 Å². The number of carbonyl (C=O) groups is 2. The van der Waals surface area contributed by atoms with Crippen LogP contribution in [0.15, 0.2) is 24.5 Å². The zero-order valence-electron chi connectivity index (χ0n) is 9.68. The van der Waals surface area contributed by atoms with Crippen LogP contribution < -0.4 is 10.2 Å². The molecule has 3 amide bonds. The number of urea groups is 1. The average molecular weight is 256 g/mol. The molecule has 0 saturated heterocycles. The summed E-state index contributed by atoms with van der Waals surface area (Å²) in [7, 11) is 0. The molecule has 0 saturated carbocycles. The van der Waals surface area contributed by atoms with E-state index in [1.54, 1.807) is 24.5 Å². The quantitative estimate of drug-likeness (QED) is 0.838. The molecule has 1 atom stereocenters. The first-order valence-corrected chi connectivity index (χ1v) is 5.66. The number of anilines is 1. The van der Waals surface area contributed by atoms with Crippen molar-refractivity contribution in [2.24, 2.45) is 0 Å². The molecule has 0 aromatic carbocycles. The number of nitrogens with zero attached hydrogens (tertiary/aromatic N) is 2. The van der Waals surface area contributed by atoms with Crippen molar-refractivity contribution >= 4 is 29.2 Å². The summed E-state index contributed by atoms with van der Waals surface area (Å²) < 4.78 is 0. The van der Waals surface area contributed by atoms with Gasteiger partial charge < -0.3 is 0 Å². The lowest BCUT2D eigenvalue weighted by atomic mass is 10.3. The highest BCUT2D eigenvalue weighted by Crippen LogP contribution is 2.11. The van der Waals surface area contributed by atoms with E-state index in [0.717, 1.165) is 0 Å². The van der Waals surface area contributed by atoms with Crippen LogP contribution in [0.1, 0.15) is 13.8 Å². The highest BCUT2D eigenvalue weighted by Gasteiger charge is 2.18. The fourth-order valence-corrected chi connectivity index (χ4v) is 1.29. The molecule has 6 heteroatoms. The Kier molecular flexibility index (Phi) is 4.90. The average Bonchev–Trinajstić information content (AvgIpc) is 2.31. The molecule has 0 aliphatic carbocycles. The highest BCUT2D eigenvalue weighted by atomic mass is 35.5. The molecule has 1 aromatic heterocycles. The summed E-state index contributed by atoms with van der Waals surface area (Å²) in [6.07, 6.45) is 3.16. The molecule has 0 fully saturated rings. The Balaban J connectivity index is 2.75. The van der Waals surface area contributed by atoms with Crippen LogP contribution in [0.3, 0.4) is 0 Å². The summed E-state index contributed by atoms with van der Waals surface area (Å²) in [4.78, 5) is 28.4. The van der Waals surface area contributed by atoms with Crippen molar-refractivity contribution in [3.8, 4) is 0 Å². The molecular weight excluding hydrogens is 242 g/mol. The number of carbonyl (C=O) groups excluding carboxylic acids is 2. The van der Waals surface area contributed by atoms with Crippen molar-refractivity contribution in [2.45, 2.75) is 19.2 Å². The van der Waals surface area contributed by atoms with Crippen LogP contribution in [0, 0.1) is 0 Å². The van der Waals surface area contributed by atoms with E-state index >= 15 is 0 Å². The molecule has 0 aliphatic rings. The summed E-state index contributed by atoms with van der Waals surface area (Å²) in [5.41, 5.74) is 0.676. The molecule has 1 heterocycles. The number of imide groups is 1. The number of hydrogen-bond donors (Lipinski definition) is 1. The highest BCUT2D eigenvalue weighted by molar-refractivity contribution is 6.31. The lowest BCUT2D eigenvalue weighted by Crippen LogP contribution is -2.45. The van der Waals surface area contributed by atoms with E-state index in [0.29, 0.717) is 12.2 Å². The number of rotatable bonds is 3. The van der Waals surface area contributed by atoms with E-state index in [1.165, 1.54) is 11.8 Å². The first-order chi connectivity index (χ1) is 8.06.